The lowest BCUT2D eigenvalue weighted by atomic mass is 10.0. The van der Waals surface area contributed by atoms with E-state index in [-0.39, 0.29) is 11.4 Å². The van der Waals surface area contributed by atoms with Crippen LogP contribution in [0.2, 0.25) is 0 Å². The Hall–Kier alpha value is -2.51. The average molecular weight is 328 g/mol. The number of nitrogens with zero attached hydrogens (tertiary/aromatic N) is 2. The molecule has 0 amide bonds. The van der Waals surface area contributed by atoms with Gasteiger partial charge in [0.2, 0.25) is 10.0 Å². The van der Waals surface area contributed by atoms with Crippen LogP contribution in [-0.2, 0) is 16.6 Å². The van der Waals surface area contributed by atoms with E-state index in [4.69, 9.17) is 0 Å². The standard InChI is InChI=1S/C16H16N4O2S/c1-12-2-4-13(5-3-12)14-6-8-16(9-7-14)23(21,22)18-11-15-10-17-20-19-15/h2-10,18H,11H2,1H3,(H,17,19,20). The van der Waals surface area contributed by atoms with Crippen LogP contribution in [0.4, 0.5) is 0 Å². The van der Waals surface area contributed by atoms with Gasteiger partial charge in [-0.05, 0) is 30.2 Å². The van der Waals surface area contributed by atoms with Crippen molar-refractivity contribution < 1.29 is 8.42 Å². The number of aryl methyl sites for hydroxylation is 1. The summed E-state index contributed by atoms with van der Waals surface area (Å²) in [5.74, 6) is 0. The van der Waals surface area contributed by atoms with E-state index in [1.54, 1.807) is 24.3 Å². The average Bonchev–Trinajstić information content (AvgIpc) is 3.08. The van der Waals surface area contributed by atoms with Crippen molar-refractivity contribution in [1.82, 2.24) is 20.1 Å². The Kier molecular flexibility index (Phi) is 4.22. The van der Waals surface area contributed by atoms with Crippen LogP contribution in [0, 0.1) is 6.92 Å². The number of hydrogen-bond donors (Lipinski definition) is 2. The van der Waals surface area contributed by atoms with Gasteiger partial charge in [0, 0.05) is 0 Å². The number of sulfonamides is 1. The molecule has 0 aliphatic heterocycles. The minimum Gasteiger partial charge on any atom is -0.261 e. The summed E-state index contributed by atoms with van der Waals surface area (Å²) in [6.45, 7) is 2.15. The molecule has 23 heavy (non-hydrogen) atoms. The number of benzene rings is 2. The number of hydrogen-bond acceptors (Lipinski definition) is 4. The molecule has 1 heterocycles. The second kappa shape index (κ2) is 6.31. The normalized spacial score (nSPS) is 11.5. The Labute approximate surface area is 134 Å². The minimum atomic E-state index is -3.57. The zero-order valence-corrected chi connectivity index (χ0v) is 13.3. The monoisotopic (exact) mass is 328 g/mol. The summed E-state index contributed by atoms with van der Waals surface area (Å²) < 4.78 is 27.0. The van der Waals surface area contributed by atoms with E-state index in [1.165, 1.54) is 11.8 Å². The van der Waals surface area contributed by atoms with Crippen LogP contribution in [0.25, 0.3) is 11.1 Å². The van der Waals surface area contributed by atoms with E-state index >= 15 is 0 Å². The third-order valence-electron chi connectivity index (χ3n) is 3.47. The second-order valence-electron chi connectivity index (χ2n) is 5.20. The molecule has 0 aliphatic carbocycles. The maximum atomic E-state index is 12.3. The Balaban J connectivity index is 1.76. The molecule has 0 radical (unpaired) electrons. The Morgan fingerprint density at radius 2 is 1.61 bits per heavy atom. The predicted molar refractivity (Wildman–Crippen MR) is 87.0 cm³/mol. The highest BCUT2D eigenvalue weighted by atomic mass is 32.2. The molecule has 0 unspecified atom stereocenters. The highest BCUT2D eigenvalue weighted by Crippen LogP contribution is 2.21. The van der Waals surface area contributed by atoms with Gasteiger partial charge in [-0.1, -0.05) is 47.2 Å². The molecule has 2 N–H and O–H groups in total. The number of aromatic amines is 1. The van der Waals surface area contributed by atoms with Crippen molar-refractivity contribution in [3.05, 3.63) is 66.0 Å². The van der Waals surface area contributed by atoms with Gasteiger partial charge < -0.3 is 0 Å². The van der Waals surface area contributed by atoms with E-state index in [9.17, 15) is 8.42 Å². The lowest BCUT2D eigenvalue weighted by molar-refractivity contribution is 0.580. The fraction of sp³-hybridized carbons (Fsp3) is 0.125. The van der Waals surface area contributed by atoms with E-state index in [0.29, 0.717) is 5.69 Å². The third kappa shape index (κ3) is 3.64. The molecule has 0 atom stereocenters. The van der Waals surface area contributed by atoms with Crippen LogP contribution in [0.15, 0.2) is 59.6 Å². The number of H-pyrrole nitrogens is 1. The summed E-state index contributed by atoms with van der Waals surface area (Å²) in [5, 5.41) is 9.75. The van der Waals surface area contributed by atoms with Crippen LogP contribution in [0.5, 0.6) is 0 Å². The minimum absolute atomic E-state index is 0.120. The van der Waals surface area contributed by atoms with Gasteiger partial charge in [0.05, 0.1) is 23.3 Å². The quantitative estimate of drug-likeness (QED) is 0.752. The summed E-state index contributed by atoms with van der Waals surface area (Å²) >= 11 is 0. The molecule has 0 spiro atoms. The van der Waals surface area contributed by atoms with Gasteiger partial charge in [-0.3, -0.25) is 5.10 Å². The molecule has 118 valence electrons. The van der Waals surface area contributed by atoms with Crippen LogP contribution in [0.3, 0.4) is 0 Å². The molecular formula is C16H16N4O2S. The molecule has 3 rings (SSSR count). The van der Waals surface area contributed by atoms with Crippen molar-refractivity contribution in [3.8, 4) is 11.1 Å². The first-order valence-corrected chi connectivity index (χ1v) is 8.55. The third-order valence-corrected chi connectivity index (χ3v) is 4.88. The van der Waals surface area contributed by atoms with E-state index in [2.05, 4.69) is 20.1 Å². The van der Waals surface area contributed by atoms with Gasteiger partial charge in [-0.2, -0.15) is 0 Å². The molecular weight excluding hydrogens is 312 g/mol. The lowest BCUT2D eigenvalue weighted by Crippen LogP contribution is -2.23. The molecule has 0 bridgehead atoms. The molecule has 6 nitrogen and oxygen atoms in total. The van der Waals surface area contributed by atoms with Crippen molar-refractivity contribution in [2.24, 2.45) is 0 Å². The molecule has 3 aromatic rings. The molecule has 7 heteroatoms. The van der Waals surface area contributed by atoms with Crippen LogP contribution >= 0.6 is 0 Å². The first kappa shape index (κ1) is 15.4. The largest absolute Gasteiger partial charge is 0.261 e. The Morgan fingerprint density at radius 1 is 1.00 bits per heavy atom. The number of nitrogens with one attached hydrogen (secondary N) is 2. The molecule has 0 saturated heterocycles. The highest BCUT2D eigenvalue weighted by Gasteiger charge is 2.14. The van der Waals surface area contributed by atoms with Gasteiger partial charge in [-0.25, -0.2) is 13.1 Å². The summed E-state index contributed by atoms with van der Waals surface area (Å²) in [4.78, 5) is 0.223. The van der Waals surface area contributed by atoms with Crippen molar-refractivity contribution in [1.29, 1.82) is 0 Å². The zero-order chi connectivity index (χ0) is 16.3. The van der Waals surface area contributed by atoms with Gasteiger partial charge in [0.1, 0.15) is 0 Å². The zero-order valence-electron chi connectivity index (χ0n) is 12.5. The first-order chi connectivity index (χ1) is 11.0. The van der Waals surface area contributed by atoms with Crippen LogP contribution in [0.1, 0.15) is 11.3 Å². The summed E-state index contributed by atoms with van der Waals surface area (Å²) in [6.07, 6.45) is 1.48. The van der Waals surface area contributed by atoms with Crippen molar-refractivity contribution >= 4 is 10.0 Å². The molecule has 0 fully saturated rings. The fourth-order valence-electron chi connectivity index (χ4n) is 2.13. The summed E-state index contributed by atoms with van der Waals surface area (Å²) in [6, 6.07) is 14.9. The second-order valence-corrected chi connectivity index (χ2v) is 6.96. The molecule has 0 saturated carbocycles. The Bertz CT molecular complexity index is 871. The van der Waals surface area contributed by atoms with Gasteiger partial charge in [0.15, 0.2) is 0 Å². The maximum Gasteiger partial charge on any atom is 0.240 e. The molecule has 1 aromatic heterocycles. The van der Waals surface area contributed by atoms with Crippen molar-refractivity contribution in [2.75, 3.05) is 0 Å². The van der Waals surface area contributed by atoms with Gasteiger partial charge in [-0.15, -0.1) is 5.10 Å². The Morgan fingerprint density at radius 3 is 2.17 bits per heavy atom. The fourth-order valence-corrected chi connectivity index (χ4v) is 3.14. The van der Waals surface area contributed by atoms with E-state index in [0.717, 1.165) is 11.1 Å². The lowest BCUT2D eigenvalue weighted by Gasteiger charge is -2.07. The van der Waals surface area contributed by atoms with Gasteiger partial charge >= 0.3 is 0 Å². The first-order valence-electron chi connectivity index (χ1n) is 7.06. The highest BCUT2D eigenvalue weighted by molar-refractivity contribution is 7.89. The predicted octanol–water partition coefficient (Wildman–Crippen LogP) is 2.26. The number of aromatic nitrogens is 3. The van der Waals surface area contributed by atoms with Crippen LogP contribution < -0.4 is 4.72 Å². The van der Waals surface area contributed by atoms with Crippen LogP contribution in [-0.4, -0.2) is 23.8 Å². The summed E-state index contributed by atoms with van der Waals surface area (Å²) in [7, 11) is -3.57. The maximum absolute atomic E-state index is 12.3. The molecule has 2 aromatic carbocycles. The van der Waals surface area contributed by atoms with E-state index in [1.807, 2.05) is 31.2 Å². The molecule has 0 aliphatic rings. The van der Waals surface area contributed by atoms with Crippen molar-refractivity contribution in [2.45, 2.75) is 18.4 Å². The number of rotatable bonds is 5. The summed E-state index contributed by atoms with van der Waals surface area (Å²) in [5.41, 5.74) is 3.81. The topological polar surface area (TPSA) is 87.7 Å². The smallest absolute Gasteiger partial charge is 0.240 e. The van der Waals surface area contributed by atoms with Gasteiger partial charge in [0.25, 0.3) is 0 Å². The SMILES string of the molecule is Cc1ccc(-c2ccc(S(=O)(=O)NCc3cnn[nH]3)cc2)cc1. The van der Waals surface area contributed by atoms with Crippen molar-refractivity contribution in [3.63, 3.8) is 0 Å². The van der Waals surface area contributed by atoms with E-state index < -0.39 is 10.0 Å².